The number of hydrogen-bond donors (Lipinski definition) is 1. The predicted octanol–water partition coefficient (Wildman–Crippen LogP) is 3.16. The Morgan fingerprint density at radius 1 is 1.41 bits per heavy atom. The summed E-state index contributed by atoms with van der Waals surface area (Å²) in [7, 11) is 0. The van der Waals surface area contributed by atoms with E-state index in [0.29, 0.717) is 16.5 Å². The van der Waals surface area contributed by atoms with Gasteiger partial charge < -0.3 is 4.98 Å². The zero-order valence-electron chi connectivity index (χ0n) is 10.3. The van der Waals surface area contributed by atoms with Gasteiger partial charge in [0.25, 0.3) is 5.56 Å². The Labute approximate surface area is 105 Å². The maximum atomic E-state index is 11.8. The summed E-state index contributed by atoms with van der Waals surface area (Å²) in [6.07, 6.45) is 0. The maximum absolute atomic E-state index is 11.8. The van der Waals surface area contributed by atoms with E-state index in [9.17, 15) is 4.79 Å². The van der Waals surface area contributed by atoms with Crippen LogP contribution in [0.15, 0.2) is 28.2 Å². The van der Waals surface area contributed by atoms with Gasteiger partial charge in [-0.3, -0.25) is 4.79 Å². The number of H-pyrrole nitrogens is 1. The minimum Gasteiger partial charge on any atom is -0.301 e. The van der Waals surface area contributed by atoms with Gasteiger partial charge in [0.05, 0.1) is 10.9 Å². The first-order chi connectivity index (χ1) is 8.11. The third kappa shape index (κ3) is 2.52. The van der Waals surface area contributed by atoms with Gasteiger partial charge in [-0.05, 0) is 29.4 Å². The topological polar surface area (TPSA) is 45.8 Å². The first-order valence-corrected chi connectivity index (χ1v) is 6.77. The van der Waals surface area contributed by atoms with Gasteiger partial charge in [0.2, 0.25) is 0 Å². The number of benzene rings is 1. The van der Waals surface area contributed by atoms with E-state index in [1.54, 1.807) is 11.8 Å². The fraction of sp³-hybridized carbons (Fsp3) is 0.385. The van der Waals surface area contributed by atoms with Gasteiger partial charge in [-0.15, -0.1) is 0 Å². The lowest BCUT2D eigenvalue weighted by atomic mass is 10.0. The Morgan fingerprint density at radius 2 is 2.18 bits per heavy atom. The van der Waals surface area contributed by atoms with Crippen LogP contribution in [-0.4, -0.2) is 15.7 Å². The van der Waals surface area contributed by atoms with Crippen LogP contribution in [0.2, 0.25) is 0 Å². The molecule has 0 spiro atoms. The number of nitrogens with zero attached hydrogens (tertiary/aromatic N) is 1. The number of fused-ring (bicyclic) bond motifs is 1. The molecule has 0 aliphatic heterocycles. The van der Waals surface area contributed by atoms with Crippen molar-refractivity contribution in [2.75, 3.05) is 5.75 Å². The summed E-state index contributed by atoms with van der Waals surface area (Å²) in [6, 6.07) is 5.86. The lowest BCUT2D eigenvalue weighted by molar-refractivity contribution is 0.866. The van der Waals surface area contributed by atoms with Crippen molar-refractivity contribution in [1.82, 2.24) is 9.97 Å². The highest BCUT2D eigenvalue weighted by atomic mass is 32.2. The van der Waals surface area contributed by atoms with Gasteiger partial charge >= 0.3 is 0 Å². The van der Waals surface area contributed by atoms with Crippen molar-refractivity contribution in [3.8, 4) is 0 Å². The Kier molecular flexibility index (Phi) is 3.52. The summed E-state index contributed by atoms with van der Waals surface area (Å²) in [4.78, 5) is 19.1. The molecule has 0 aliphatic carbocycles. The SMILES string of the molecule is CCSc1nc2cc(C(C)C)ccc2c(=O)[nH]1. The maximum Gasteiger partial charge on any atom is 0.259 e. The van der Waals surface area contributed by atoms with Gasteiger partial charge in [0.15, 0.2) is 5.16 Å². The molecule has 0 amide bonds. The van der Waals surface area contributed by atoms with E-state index in [4.69, 9.17) is 0 Å². The van der Waals surface area contributed by atoms with Crippen molar-refractivity contribution in [3.63, 3.8) is 0 Å². The summed E-state index contributed by atoms with van der Waals surface area (Å²) in [5.41, 5.74) is 1.94. The molecule has 90 valence electrons. The van der Waals surface area contributed by atoms with Crippen LogP contribution < -0.4 is 5.56 Å². The average molecular weight is 248 g/mol. The van der Waals surface area contributed by atoms with Gasteiger partial charge in [0, 0.05) is 0 Å². The highest BCUT2D eigenvalue weighted by molar-refractivity contribution is 7.99. The molecule has 0 bridgehead atoms. The number of aromatic amines is 1. The van der Waals surface area contributed by atoms with Crippen molar-refractivity contribution in [1.29, 1.82) is 0 Å². The number of thioether (sulfide) groups is 1. The number of rotatable bonds is 3. The second kappa shape index (κ2) is 4.92. The van der Waals surface area contributed by atoms with Crippen LogP contribution in [-0.2, 0) is 0 Å². The van der Waals surface area contributed by atoms with Crippen LogP contribution in [0.3, 0.4) is 0 Å². The predicted molar refractivity (Wildman–Crippen MR) is 72.9 cm³/mol. The molecule has 0 unspecified atom stereocenters. The van der Waals surface area contributed by atoms with E-state index in [-0.39, 0.29) is 5.56 Å². The highest BCUT2D eigenvalue weighted by Crippen LogP contribution is 2.20. The molecular formula is C13H16N2OS. The molecule has 1 N–H and O–H groups in total. The van der Waals surface area contributed by atoms with E-state index >= 15 is 0 Å². The summed E-state index contributed by atoms with van der Waals surface area (Å²) in [5, 5.41) is 1.36. The normalized spacial score (nSPS) is 11.3. The molecule has 0 radical (unpaired) electrons. The standard InChI is InChI=1S/C13H16N2OS/c1-4-17-13-14-11-7-9(8(2)3)5-6-10(11)12(16)15-13/h5-8H,4H2,1-3H3,(H,14,15,16). The van der Waals surface area contributed by atoms with Crippen molar-refractivity contribution in [3.05, 3.63) is 34.1 Å². The van der Waals surface area contributed by atoms with Gasteiger partial charge in [-0.25, -0.2) is 4.98 Å². The fourth-order valence-corrected chi connectivity index (χ4v) is 2.30. The molecule has 0 saturated heterocycles. The monoisotopic (exact) mass is 248 g/mol. The minimum absolute atomic E-state index is 0.0544. The molecule has 0 aliphatic rings. The number of hydrogen-bond acceptors (Lipinski definition) is 3. The Morgan fingerprint density at radius 3 is 2.82 bits per heavy atom. The molecule has 3 nitrogen and oxygen atoms in total. The van der Waals surface area contributed by atoms with E-state index in [2.05, 4.69) is 23.8 Å². The smallest absolute Gasteiger partial charge is 0.259 e. The summed E-state index contributed by atoms with van der Waals surface area (Å²) >= 11 is 1.55. The third-order valence-corrected chi connectivity index (χ3v) is 3.41. The third-order valence-electron chi connectivity index (χ3n) is 2.66. The molecule has 17 heavy (non-hydrogen) atoms. The number of nitrogens with one attached hydrogen (secondary N) is 1. The molecule has 2 aromatic rings. The number of aromatic nitrogens is 2. The Balaban J connectivity index is 2.62. The molecule has 1 aromatic carbocycles. The first kappa shape index (κ1) is 12.2. The van der Waals surface area contributed by atoms with Crippen molar-refractivity contribution < 1.29 is 0 Å². The van der Waals surface area contributed by atoms with Crippen molar-refractivity contribution >= 4 is 22.7 Å². The second-order valence-corrected chi connectivity index (χ2v) is 5.49. The summed E-state index contributed by atoms with van der Waals surface area (Å²) in [6.45, 7) is 6.31. The van der Waals surface area contributed by atoms with E-state index in [0.717, 1.165) is 11.3 Å². The zero-order chi connectivity index (χ0) is 12.4. The van der Waals surface area contributed by atoms with E-state index in [1.165, 1.54) is 5.56 Å². The van der Waals surface area contributed by atoms with Gasteiger partial charge in [-0.1, -0.05) is 38.6 Å². The van der Waals surface area contributed by atoms with Crippen molar-refractivity contribution in [2.45, 2.75) is 31.8 Å². The molecule has 0 atom stereocenters. The Bertz CT molecular complexity index is 589. The van der Waals surface area contributed by atoms with Crippen LogP contribution in [0.1, 0.15) is 32.3 Å². The largest absolute Gasteiger partial charge is 0.301 e. The Hall–Kier alpha value is -1.29. The average Bonchev–Trinajstić information content (AvgIpc) is 2.28. The first-order valence-electron chi connectivity index (χ1n) is 5.78. The van der Waals surface area contributed by atoms with Crippen molar-refractivity contribution in [2.24, 2.45) is 0 Å². The van der Waals surface area contributed by atoms with Crippen LogP contribution in [0.4, 0.5) is 0 Å². The van der Waals surface area contributed by atoms with E-state index in [1.807, 2.05) is 25.1 Å². The van der Waals surface area contributed by atoms with Crippen LogP contribution in [0.5, 0.6) is 0 Å². The molecule has 4 heteroatoms. The quantitative estimate of drug-likeness (QED) is 0.670. The lowest BCUT2D eigenvalue weighted by Gasteiger charge is -2.06. The fourth-order valence-electron chi connectivity index (χ4n) is 1.70. The lowest BCUT2D eigenvalue weighted by Crippen LogP contribution is -2.09. The van der Waals surface area contributed by atoms with E-state index < -0.39 is 0 Å². The van der Waals surface area contributed by atoms with Crippen LogP contribution >= 0.6 is 11.8 Å². The molecule has 0 fully saturated rings. The molecule has 1 heterocycles. The minimum atomic E-state index is -0.0544. The van der Waals surface area contributed by atoms with Gasteiger partial charge in [0.1, 0.15) is 0 Å². The highest BCUT2D eigenvalue weighted by Gasteiger charge is 2.06. The molecule has 0 saturated carbocycles. The summed E-state index contributed by atoms with van der Waals surface area (Å²) in [5.74, 6) is 1.35. The molecular weight excluding hydrogens is 232 g/mol. The van der Waals surface area contributed by atoms with Gasteiger partial charge in [-0.2, -0.15) is 0 Å². The van der Waals surface area contributed by atoms with Crippen LogP contribution in [0.25, 0.3) is 10.9 Å². The molecule has 1 aromatic heterocycles. The van der Waals surface area contributed by atoms with Crippen LogP contribution in [0, 0.1) is 0 Å². The zero-order valence-corrected chi connectivity index (χ0v) is 11.1. The summed E-state index contributed by atoms with van der Waals surface area (Å²) < 4.78 is 0. The second-order valence-electron chi connectivity index (χ2n) is 4.24. The molecule has 2 rings (SSSR count).